The summed E-state index contributed by atoms with van der Waals surface area (Å²) in [4.78, 5) is 16.5. The Morgan fingerprint density at radius 2 is 2.07 bits per heavy atom. The van der Waals surface area contributed by atoms with E-state index in [0.29, 0.717) is 10.9 Å². The zero-order valence-corrected chi connectivity index (χ0v) is 15.8. The van der Waals surface area contributed by atoms with Gasteiger partial charge in [0.05, 0.1) is 28.1 Å². The number of rotatable bonds is 6. The van der Waals surface area contributed by atoms with Crippen molar-refractivity contribution in [2.45, 2.75) is 17.4 Å². The lowest BCUT2D eigenvalue weighted by Crippen LogP contribution is -2.14. The van der Waals surface area contributed by atoms with Crippen molar-refractivity contribution in [2.75, 3.05) is 17.7 Å². The summed E-state index contributed by atoms with van der Waals surface area (Å²) in [5.74, 6) is 0.412. The predicted molar refractivity (Wildman–Crippen MR) is 102 cm³/mol. The van der Waals surface area contributed by atoms with Crippen LogP contribution in [0.5, 0.6) is 5.75 Å². The SMILES string of the molecule is CCOc1ccc2nc(SCC(=O)Nc3cccc(C(F)(F)F)c3)sc2c1. The topological polar surface area (TPSA) is 51.2 Å². The van der Waals surface area contributed by atoms with E-state index in [1.165, 1.54) is 35.2 Å². The monoisotopic (exact) mass is 412 g/mol. The van der Waals surface area contributed by atoms with Gasteiger partial charge in [0.2, 0.25) is 5.91 Å². The Bertz CT molecular complexity index is 957. The van der Waals surface area contributed by atoms with E-state index in [2.05, 4.69) is 10.3 Å². The van der Waals surface area contributed by atoms with Crippen LogP contribution in [-0.4, -0.2) is 23.3 Å². The minimum Gasteiger partial charge on any atom is -0.494 e. The fourth-order valence-corrected chi connectivity index (χ4v) is 4.20. The van der Waals surface area contributed by atoms with Gasteiger partial charge in [-0.15, -0.1) is 11.3 Å². The lowest BCUT2D eigenvalue weighted by atomic mass is 10.2. The Kier molecular flexibility index (Phi) is 5.91. The molecule has 0 unspecified atom stereocenters. The van der Waals surface area contributed by atoms with E-state index in [4.69, 9.17) is 4.74 Å². The third-order valence-corrected chi connectivity index (χ3v) is 5.61. The fraction of sp³-hybridized carbons (Fsp3) is 0.222. The first-order valence-electron chi connectivity index (χ1n) is 7.98. The molecule has 0 fully saturated rings. The number of thioether (sulfide) groups is 1. The maximum Gasteiger partial charge on any atom is 0.416 e. The summed E-state index contributed by atoms with van der Waals surface area (Å²) in [7, 11) is 0. The molecule has 0 aliphatic carbocycles. The minimum atomic E-state index is -4.45. The number of carbonyl (C=O) groups excluding carboxylic acids is 1. The van der Waals surface area contributed by atoms with Gasteiger partial charge < -0.3 is 10.1 Å². The highest BCUT2D eigenvalue weighted by Crippen LogP contribution is 2.33. The van der Waals surface area contributed by atoms with Crippen molar-refractivity contribution in [3.05, 3.63) is 48.0 Å². The molecular formula is C18H15F3N2O2S2. The van der Waals surface area contributed by atoms with E-state index in [1.54, 1.807) is 0 Å². The second-order valence-corrected chi connectivity index (χ2v) is 7.71. The average molecular weight is 412 g/mol. The number of hydrogen-bond donors (Lipinski definition) is 1. The average Bonchev–Trinajstić information content (AvgIpc) is 3.02. The molecule has 1 aromatic heterocycles. The predicted octanol–water partition coefficient (Wildman–Crippen LogP) is 5.44. The van der Waals surface area contributed by atoms with E-state index in [9.17, 15) is 18.0 Å². The zero-order valence-electron chi connectivity index (χ0n) is 14.2. The van der Waals surface area contributed by atoms with Crippen LogP contribution < -0.4 is 10.1 Å². The van der Waals surface area contributed by atoms with Gasteiger partial charge in [-0.3, -0.25) is 4.79 Å². The molecule has 3 aromatic rings. The maximum atomic E-state index is 12.7. The molecule has 4 nitrogen and oxygen atoms in total. The van der Waals surface area contributed by atoms with Crippen LogP contribution in [0, 0.1) is 0 Å². The number of nitrogens with one attached hydrogen (secondary N) is 1. The molecule has 1 heterocycles. The van der Waals surface area contributed by atoms with E-state index >= 15 is 0 Å². The van der Waals surface area contributed by atoms with Gasteiger partial charge in [0.1, 0.15) is 5.75 Å². The van der Waals surface area contributed by atoms with Crippen molar-refractivity contribution in [3.63, 3.8) is 0 Å². The summed E-state index contributed by atoms with van der Waals surface area (Å²) in [6.45, 7) is 2.47. The number of fused-ring (bicyclic) bond motifs is 1. The number of anilines is 1. The third-order valence-electron chi connectivity index (χ3n) is 3.45. The number of halogens is 3. The largest absolute Gasteiger partial charge is 0.494 e. The van der Waals surface area contributed by atoms with Gasteiger partial charge >= 0.3 is 6.18 Å². The second-order valence-electron chi connectivity index (χ2n) is 5.46. The molecule has 0 atom stereocenters. The first kappa shape index (κ1) is 19.5. The molecule has 1 N–H and O–H groups in total. The van der Waals surface area contributed by atoms with Crippen LogP contribution in [0.4, 0.5) is 18.9 Å². The van der Waals surface area contributed by atoms with Gasteiger partial charge in [-0.1, -0.05) is 17.8 Å². The van der Waals surface area contributed by atoms with Gasteiger partial charge in [0.15, 0.2) is 4.34 Å². The van der Waals surface area contributed by atoms with Crippen LogP contribution in [0.3, 0.4) is 0 Å². The quantitative estimate of drug-likeness (QED) is 0.548. The fourth-order valence-electron chi connectivity index (χ4n) is 2.30. The summed E-state index contributed by atoms with van der Waals surface area (Å²) in [6, 6.07) is 10.1. The summed E-state index contributed by atoms with van der Waals surface area (Å²) < 4.78 is 45.3. The van der Waals surface area contributed by atoms with Crippen molar-refractivity contribution in [2.24, 2.45) is 0 Å². The van der Waals surface area contributed by atoms with Crippen LogP contribution in [-0.2, 0) is 11.0 Å². The van der Waals surface area contributed by atoms with Crippen molar-refractivity contribution >= 4 is 44.9 Å². The standard InChI is InChI=1S/C18H15F3N2O2S2/c1-2-25-13-6-7-14-15(9-13)27-17(23-14)26-10-16(24)22-12-5-3-4-11(8-12)18(19,20)21/h3-9H,2,10H2,1H3,(H,22,24). The number of carbonyl (C=O) groups is 1. The van der Waals surface area contributed by atoms with Crippen LogP contribution in [0.2, 0.25) is 0 Å². The molecule has 0 spiro atoms. The first-order chi connectivity index (χ1) is 12.8. The smallest absolute Gasteiger partial charge is 0.416 e. The van der Waals surface area contributed by atoms with Crippen molar-refractivity contribution < 1.29 is 22.7 Å². The third kappa shape index (κ3) is 5.14. The molecule has 0 aliphatic heterocycles. The Hall–Kier alpha value is -2.26. The second kappa shape index (κ2) is 8.18. The van der Waals surface area contributed by atoms with Crippen LogP contribution in [0.25, 0.3) is 10.2 Å². The number of hydrogen-bond acceptors (Lipinski definition) is 5. The maximum absolute atomic E-state index is 12.7. The lowest BCUT2D eigenvalue weighted by Gasteiger charge is -2.09. The summed E-state index contributed by atoms with van der Waals surface area (Å²) in [5.41, 5.74) is 0.120. The van der Waals surface area contributed by atoms with E-state index in [1.807, 2.05) is 25.1 Å². The first-order valence-corrected chi connectivity index (χ1v) is 9.78. The van der Waals surface area contributed by atoms with Crippen LogP contribution in [0.1, 0.15) is 12.5 Å². The van der Waals surface area contributed by atoms with E-state index in [-0.39, 0.29) is 11.4 Å². The highest BCUT2D eigenvalue weighted by atomic mass is 32.2. The molecule has 0 radical (unpaired) electrons. The summed E-state index contributed by atoms with van der Waals surface area (Å²) in [6.07, 6.45) is -4.45. The van der Waals surface area contributed by atoms with Gasteiger partial charge in [0.25, 0.3) is 0 Å². The van der Waals surface area contributed by atoms with Crippen LogP contribution in [0.15, 0.2) is 46.8 Å². The Labute approximate surface area is 161 Å². The molecule has 27 heavy (non-hydrogen) atoms. The number of thiazole rings is 1. The van der Waals surface area contributed by atoms with Gasteiger partial charge in [-0.05, 0) is 43.3 Å². The Morgan fingerprint density at radius 3 is 2.81 bits per heavy atom. The van der Waals surface area contributed by atoms with Crippen molar-refractivity contribution in [1.82, 2.24) is 4.98 Å². The van der Waals surface area contributed by atoms with E-state index in [0.717, 1.165) is 28.1 Å². The Morgan fingerprint density at radius 1 is 1.26 bits per heavy atom. The van der Waals surface area contributed by atoms with Crippen molar-refractivity contribution in [3.8, 4) is 5.75 Å². The number of benzene rings is 2. The molecule has 0 saturated carbocycles. The van der Waals surface area contributed by atoms with Gasteiger partial charge in [-0.2, -0.15) is 13.2 Å². The molecule has 3 rings (SSSR count). The number of nitrogens with zero attached hydrogens (tertiary/aromatic N) is 1. The lowest BCUT2D eigenvalue weighted by molar-refractivity contribution is -0.137. The number of amides is 1. The minimum absolute atomic E-state index is 0.0500. The Balaban J connectivity index is 1.61. The van der Waals surface area contributed by atoms with Crippen molar-refractivity contribution in [1.29, 1.82) is 0 Å². The molecule has 1 amide bonds. The van der Waals surface area contributed by atoms with Crippen LogP contribution >= 0.6 is 23.1 Å². The molecule has 2 aromatic carbocycles. The molecule has 0 saturated heterocycles. The number of alkyl halides is 3. The van der Waals surface area contributed by atoms with Gasteiger partial charge in [-0.25, -0.2) is 4.98 Å². The van der Waals surface area contributed by atoms with E-state index < -0.39 is 17.6 Å². The molecule has 142 valence electrons. The normalized spacial score (nSPS) is 11.6. The number of ether oxygens (including phenoxy) is 1. The molecule has 0 aliphatic rings. The molecular weight excluding hydrogens is 397 g/mol. The zero-order chi connectivity index (χ0) is 19.4. The van der Waals surface area contributed by atoms with Gasteiger partial charge in [0, 0.05) is 5.69 Å². The highest BCUT2D eigenvalue weighted by molar-refractivity contribution is 8.01. The summed E-state index contributed by atoms with van der Waals surface area (Å²) in [5, 5.41) is 2.48. The highest BCUT2D eigenvalue weighted by Gasteiger charge is 2.30. The summed E-state index contributed by atoms with van der Waals surface area (Å²) >= 11 is 2.67. The number of aromatic nitrogens is 1. The molecule has 9 heteroatoms. The molecule has 0 bridgehead atoms.